The summed E-state index contributed by atoms with van der Waals surface area (Å²) in [5, 5.41) is 8.85. The molecule has 0 aliphatic rings. The lowest BCUT2D eigenvalue weighted by Gasteiger charge is -2.03. The molecule has 0 amide bonds. The number of aromatic nitrogens is 2. The van der Waals surface area contributed by atoms with Crippen molar-refractivity contribution in [2.75, 3.05) is 0 Å². The number of carboxylic acid groups (broad SMARTS) is 1. The molecule has 5 heteroatoms. The molecular weight excluding hydrogens is 272 g/mol. The van der Waals surface area contributed by atoms with Crippen LogP contribution in [0.5, 0.6) is 0 Å². The number of carboxylic acids is 1. The summed E-state index contributed by atoms with van der Waals surface area (Å²) in [4.78, 5) is 14.9. The molecule has 2 aromatic rings. The Morgan fingerprint density at radius 1 is 1.44 bits per heavy atom. The molecule has 0 aliphatic carbocycles. The second-order valence-electron chi connectivity index (χ2n) is 3.35. The van der Waals surface area contributed by atoms with Crippen LogP contribution in [0.1, 0.15) is 10.5 Å². The van der Waals surface area contributed by atoms with Gasteiger partial charge in [-0.3, -0.25) is 0 Å². The number of benzene rings is 1. The van der Waals surface area contributed by atoms with Gasteiger partial charge in [0.1, 0.15) is 5.82 Å². The van der Waals surface area contributed by atoms with Crippen LogP contribution in [-0.2, 0) is 7.05 Å². The van der Waals surface area contributed by atoms with E-state index in [9.17, 15) is 4.79 Å². The number of hydrogen-bond acceptors (Lipinski definition) is 2. The quantitative estimate of drug-likeness (QED) is 0.920. The summed E-state index contributed by atoms with van der Waals surface area (Å²) in [6, 6.07) is 7.56. The molecule has 0 fully saturated rings. The third-order valence-corrected chi connectivity index (χ3v) is 2.90. The average Bonchev–Trinajstić information content (AvgIpc) is 2.61. The Morgan fingerprint density at radius 3 is 2.69 bits per heavy atom. The average molecular weight is 281 g/mol. The van der Waals surface area contributed by atoms with Crippen molar-refractivity contribution >= 4 is 21.9 Å². The Hall–Kier alpha value is -1.62. The van der Waals surface area contributed by atoms with E-state index in [1.165, 1.54) is 6.20 Å². The van der Waals surface area contributed by atoms with Gasteiger partial charge in [-0.15, -0.1) is 0 Å². The third kappa shape index (κ3) is 1.86. The van der Waals surface area contributed by atoms with E-state index in [0.717, 1.165) is 10.0 Å². The van der Waals surface area contributed by atoms with E-state index in [0.29, 0.717) is 5.82 Å². The van der Waals surface area contributed by atoms with Gasteiger partial charge < -0.3 is 9.67 Å². The highest BCUT2D eigenvalue weighted by molar-refractivity contribution is 9.10. The number of aromatic carboxylic acids is 1. The fourth-order valence-electron chi connectivity index (χ4n) is 1.46. The van der Waals surface area contributed by atoms with Gasteiger partial charge in [0.25, 0.3) is 0 Å². The van der Waals surface area contributed by atoms with Crippen LogP contribution in [0.4, 0.5) is 0 Å². The van der Waals surface area contributed by atoms with Crippen LogP contribution < -0.4 is 0 Å². The molecule has 0 bridgehead atoms. The monoisotopic (exact) mass is 280 g/mol. The highest BCUT2D eigenvalue weighted by atomic mass is 79.9. The first-order valence-corrected chi connectivity index (χ1v) is 5.40. The Kier molecular flexibility index (Phi) is 2.78. The number of hydrogen-bond donors (Lipinski definition) is 1. The fourth-order valence-corrected chi connectivity index (χ4v) is 1.92. The summed E-state index contributed by atoms with van der Waals surface area (Å²) >= 11 is 3.41. The van der Waals surface area contributed by atoms with Gasteiger partial charge in [-0.2, -0.15) is 0 Å². The summed E-state index contributed by atoms with van der Waals surface area (Å²) in [6.45, 7) is 0. The lowest BCUT2D eigenvalue weighted by molar-refractivity contribution is 0.0691. The van der Waals surface area contributed by atoms with Crippen LogP contribution in [0, 0.1) is 0 Å². The number of carbonyl (C=O) groups is 1. The zero-order valence-electron chi connectivity index (χ0n) is 8.51. The van der Waals surface area contributed by atoms with Crippen molar-refractivity contribution in [3.63, 3.8) is 0 Å². The second kappa shape index (κ2) is 4.09. The molecule has 4 nitrogen and oxygen atoms in total. The third-order valence-electron chi connectivity index (χ3n) is 2.21. The Bertz CT molecular complexity index is 549. The molecule has 1 N–H and O–H groups in total. The van der Waals surface area contributed by atoms with Gasteiger partial charge in [0.15, 0.2) is 5.69 Å². The van der Waals surface area contributed by atoms with Crippen LogP contribution in [0.15, 0.2) is 34.9 Å². The summed E-state index contributed by atoms with van der Waals surface area (Å²) in [5.41, 5.74) is 0.922. The van der Waals surface area contributed by atoms with Crippen LogP contribution in [-0.4, -0.2) is 20.6 Å². The molecule has 82 valence electrons. The van der Waals surface area contributed by atoms with Gasteiger partial charge in [0.05, 0.1) is 0 Å². The zero-order chi connectivity index (χ0) is 11.7. The molecule has 0 atom stereocenters. The molecular formula is C11H9BrN2O2. The molecule has 2 rings (SSSR count). The topological polar surface area (TPSA) is 55.1 Å². The smallest absolute Gasteiger partial charge is 0.356 e. The van der Waals surface area contributed by atoms with E-state index in [1.54, 1.807) is 11.6 Å². The lowest BCUT2D eigenvalue weighted by Crippen LogP contribution is -1.95. The number of imidazole rings is 1. The minimum atomic E-state index is -1.02. The van der Waals surface area contributed by atoms with Crippen molar-refractivity contribution in [1.82, 2.24) is 9.55 Å². The second-order valence-corrected chi connectivity index (χ2v) is 4.20. The van der Waals surface area contributed by atoms with Gasteiger partial charge in [-0.05, 0) is 6.07 Å². The molecule has 16 heavy (non-hydrogen) atoms. The first-order valence-electron chi connectivity index (χ1n) is 4.61. The van der Waals surface area contributed by atoms with Crippen molar-refractivity contribution in [3.8, 4) is 11.4 Å². The van der Waals surface area contributed by atoms with Gasteiger partial charge in [0.2, 0.25) is 0 Å². The lowest BCUT2D eigenvalue weighted by atomic mass is 10.2. The minimum absolute atomic E-state index is 0.0493. The molecule has 0 spiro atoms. The first kappa shape index (κ1) is 10.9. The van der Waals surface area contributed by atoms with Crippen LogP contribution in [0.2, 0.25) is 0 Å². The van der Waals surface area contributed by atoms with Crippen molar-refractivity contribution in [2.45, 2.75) is 0 Å². The number of nitrogens with zero attached hydrogens (tertiary/aromatic N) is 2. The fraction of sp³-hybridized carbons (Fsp3) is 0.0909. The zero-order valence-corrected chi connectivity index (χ0v) is 10.1. The molecule has 1 heterocycles. The molecule has 0 radical (unpaired) electrons. The molecule has 0 unspecified atom stereocenters. The van der Waals surface area contributed by atoms with Crippen LogP contribution in [0.25, 0.3) is 11.4 Å². The Labute approximate surface area is 101 Å². The van der Waals surface area contributed by atoms with Crippen LogP contribution in [0.3, 0.4) is 0 Å². The molecule has 1 aromatic heterocycles. The SMILES string of the molecule is Cn1cc(C(=O)O)nc1-c1ccccc1Br. The van der Waals surface area contributed by atoms with E-state index in [-0.39, 0.29) is 5.69 Å². The van der Waals surface area contributed by atoms with Gasteiger partial charge in [-0.1, -0.05) is 34.1 Å². The summed E-state index contributed by atoms with van der Waals surface area (Å²) < 4.78 is 2.59. The van der Waals surface area contributed by atoms with Gasteiger partial charge in [-0.25, -0.2) is 9.78 Å². The standard InChI is InChI=1S/C11H9BrN2O2/c1-14-6-9(11(15)16)13-10(14)7-4-2-3-5-8(7)12/h2-6H,1H3,(H,15,16). The van der Waals surface area contributed by atoms with Crippen molar-refractivity contribution < 1.29 is 9.90 Å². The van der Waals surface area contributed by atoms with Crippen molar-refractivity contribution in [3.05, 3.63) is 40.6 Å². The molecule has 0 aliphatic heterocycles. The predicted octanol–water partition coefficient (Wildman–Crippen LogP) is 2.55. The summed E-state index contributed by atoms with van der Waals surface area (Å²) in [5.74, 6) is -0.390. The maximum atomic E-state index is 10.8. The van der Waals surface area contributed by atoms with E-state index in [4.69, 9.17) is 5.11 Å². The van der Waals surface area contributed by atoms with Gasteiger partial charge >= 0.3 is 5.97 Å². The maximum Gasteiger partial charge on any atom is 0.356 e. The van der Waals surface area contributed by atoms with Crippen molar-refractivity contribution in [2.24, 2.45) is 7.05 Å². The van der Waals surface area contributed by atoms with E-state index in [2.05, 4.69) is 20.9 Å². The number of halogens is 1. The normalized spacial score (nSPS) is 10.4. The molecule has 0 saturated carbocycles. The van der Waals surface area contributed by atoms with E-state index in [1.807, 2.05) is 24.3 Å². The predicted molar refractivity (Wildman–Crippen MR) is 63.3 cm³/mol. The molecule has 0 saturated heterocycles. The highest BCUT2D eigenvalue weighted by Gasteiger charge is 2.13. The van der Waals surface area contributed by atoms with E-state index < -0.39 is 5.97 Å². The Balaban J connectivity index is 2.57. The molecule has 1 aromatic carbocycles. The maximum absolute atomic E-state index is 10.8. The Morgan fingerprint density at radius 2 is 2.12 bits per heavy atom. The highest BCUT2D eigenvalue weighted by Crippen LogP contribution is 2.26. The van der Waals surface area contributed by atoms with Crippen molar-refractivity contribution in [1.29, 1.82) is 0 Å². The minimum Gasteiger partial charge on any atom is -0.476 e. The number of aryl methyl sites for hydroxylation is 1. The first-order chi connectivity index (χ1) is 7.59. The van der Waals surface area contributed by atoms with E-state index >= 15 is 0 Å². The summed E-state index contributed by atoms with van der Waals surface area (Å²) in [7, 11) is 1.77. The summed E-state index contributed by atoms with van der Waals surface area (Å²) in [6.07, 6.45) is 1.50. The van der Waals surface area contributed by atoms with Gasteiger partial charge in [0, 0.05) is 23.3 Å². The van der Waals surface area contributed by atoms with Crippen LogP contribution >= 0.6 is 15.9 Å². The number of rotatable bonds is 2. The largest absolute Gasteiger partial charge is 0.476 e.